The highest BCUT2D eigenvalue weighted by Crippen LogP contribution is 2.43. The highest BCUT2D eigenvalue weighted by atomic mass is 19.4. The standard InChI is InChI=1S/C40H30F3N3/c1-23-5-10-34-29(17-23)30-18-24(2)6-11-35(30)45(34)38-14-9-27(40(41,42)43)21-33(38)28-15-16-44-22-39(28)46-36-12-7-25(3)19-31(36)32-20-26(4)8-13-37(32)46/h5-22H,1-4H3. The number of hydrogen-bond donors (Lipinski definition) is 0. The van der Waals surface area contributed by atoms with Crippen LogP contribution in [0.4, 0.5) is 13.2 Å². The quantitative estimate of drug-likeness (QED) is 0.195. The van der Waals surface area contributed by atoms with E-state index in [9.17, 15) is 13.2 Å². The Labute approximate surface area is 264 Å². The minimum atomic E-state index is -4.52. The number of nitrogens with zero attached hydrogens (tertiary/aromatic N) is 3. The highest BCUT2D eigenvalue weighted by Gasteiger charge is 2.32. The molecule has 0 saturated heterocycles. The predicted octanol–water partition coefficient (Wildman–Crippen LogP) is 11.2. The Morgan fingerprint density at radius 3 is 1.35 bits per heavy atom. The first-order valence-corrected chi connectivity index (χ1v) is 15.3. The molecule has 0 aliphatic rings. The van der Waals surface area contributed by atoms with Crippen LogP contribution in [0.3, 0.4) is 0 Å². The monoisotopic (exact) mass is 609 g/mol. The molecular formula is C40H30F3N3. The third-order valence-corrected chi connectivity index (χ3v) is 9.05. The number of halogens is 3. The van der Waals surface area contributed by atoms with Gasteiger partial charge in [-0.3, -0.25) is 4.98 Å². The highest BCUT2D eigenvalue weighted by molar-refractivity contribution is 6.12. The molecule has 8 aromatic rings. The summed E-state index contributed by atoms with van der Waals surface area (Å²) in [5.74, 6) is 0. The van der Waals surface area contributed by atoms with Crippen LogP contribution in [0.2, 0.25) is 0 Å². The molecule has 0 fully saturated rings. The number of aryl methyl sites for hydroxylation is 4. The SMILES string of the molecule is Cc1ccc2c(c1)c1cc(C)ccc1n2-c1ccc(C(F)(F)F)cc1-c1ccncc1-n1c2ccc(C)cc2c2cc(C)ccc21. The fourth-order valence-electron chi connectivity index (χ4n) is 6.94. The van der Waals surface area contributed by atoms with E-state index in [1.54, 1.807) is 18.5 Å². The van der Waals surface area contributed by atoms with Crippen molar-refractivity contribution in [1.29, 1.82) is 0 Å². The molecule has 0 N–H and O–H groups in total. The smallest absolute Gasteiger partial charge is 0.309 e. The van der Waals surface area contributed by atoms with Crippen molar-refractivity contribution in [3.8, 4) is 22.5 Å². The van der Waals surface area contributed by atoms with Gasteiger partial charge in [0.2, 0.25) is 0 Å². The Hall–Kier alpha value is -5.36. The van der Waals surface area contributed by atoms with E-state index in [1.807, 2.05) is 18.2 Å². The van der Waals surface area contributed by atoms with Crippen molar-refractivity contribution in [3.63, 3.8) is 0 Å². The zero-order valence-electron chi connectivity index (χ0n) is 25.9. The fraction of sp³-hybridized carbons (Fsp3) is 0.125. The number of hydrogen-bond acceptors (Lipinski definition) is 1. The third-order valence-electron chi connectivity index (χ3n) is 9.05. The van der Waals surface area contributed by atoms with Crippen LogP contribution in [0.5, 0.6) is 0 Å². The summed E-state index contributed by atoms with van der Waals surface area (Å²) in [6.07, 6.45) is -1.10. The third kappa shape index (κ3) is 4.31. The average Bonchev–Trinajstić information content (AvgIpc) is 3.51. The largest absolute Gasteiger partial charge is 0.416 e. The second kappa shape index (κ2) is 10.1. The van der Waals surface area contributed by atoms with Crippen molar-refractivity contribution >= 4 is 43.6 Å². The van der Waals surface area contributed by atoms with Crippen molar-refractivity contribution in [3.05, 3.63) is 137 Å². The lowest BCUT2D eigenvalue weighted by molar-refractivity contribution is -0.137. The molecule has 0 spiro atoms. The van der Waals surface area contributed by atoms with Crippen LogP contribution in [0, 0.1) is 27.7 Å². The maximum atomic E-state index is 14.4. The van der Waals surface area contributed by atoms with E-state index in [4.69, 9.17) is 0 Å². The molecule has 0 radical (unpaired) electrons. The van der Waals surface area contributed by atoms with Crippen LogP contribution in [0.15, 0.2) is 109 Å². The van der Waals surface area contributed by atoms with E-state index >= 15 is 0 Å². The van der Waals surface area contributed by atoms with Crippen molar-refractivity contribution in [2.24, 2.45) is 0 Å². The topological polar surface area (TPSA) is 22.8 Å². The molecule has 226 valence electrons. The Balaban J connectivity index is 1.50. The molecule has 0 bridgehead atoms. The van der Waals surface area contributed by atoms with Gasteiger partial charge < -0.3 is 9.13 Å². The van der Waals surface area contributed by atoms with Crippen LogP contribution in [0.1, 0.15) is 27.8 Å². The summed E-state index contributed by atoms with van der Waals surface area (Å²) in [6, 6.07) is 31.1. The summed E-state index contributed by atoms with van der Waals surface area (Å²) in [4.78, 5) is 4.51. The molecule has 0 aliphatic carbocycles. The number of fused-ring (bicyclic) bond motifs is 6. The minimum absolute atomic E-state index is 0.474. The molecule has 0 unspecified atom stereocenters. The second-order valence-electron chi connectivity index (χ2n) is 12.4. The fourth-order valence-corrected chi connectivity index (χ4v) is 6.94. The van der Waals surface area contributed by atoms with E-state index in [0.717, 1.165) is 65.9 Å². The summed E-state index contributed by atoms with van der Waals surface area (Å²) < 4.78 is 47.4. The first-order valence-electron chi connectivity index (χ1n) is 15.3. The lowest BCUT2D eigenvalue weighted by atomic mass is 9.99. The van der Waals surface area contributed by atoms with E-state index in [0.29, 0.717) is 22.5 Å². The Kier molecular flexibility index (Phi) is 6.16. The summed E-state index contributed by atoms with van der Waals surface area (Å²) in [5.41, 5.74) is 10.1. The molecule has 0 saturated carbocycles. The molecule has 0 amide bonds. The molecular weight excluding hydrogens is 579 g/mol. The van der Waals surface area contributed by atoms with E-state index in [1.165, 1.54) is 12.1 Å². The lowest BCUT2D eigenvalue weighted by Crippen LogP contribution is -2.08. The summed E-state index contributed by atoms with van der Waals surface area (Å²) in [5, 5.41) is 4.30. The summed E-state index contributed by atoms with van der Waals surface area (Å²) in [7, 11) is 0. The van der Waals surface area contributed by atoms with Gasteiger partial charge in [0.25, 0.3) is 0 Å². The summed E-state index contributed by atoms with van der Waals surface area (Å²) in [6.45, 7) is 8.24. The Morgan fingerprint density at radius 1 is 0.478 bits per heavy atom. The first kappa shape index (κ1) is 28.1. The maximum Gasteiger partial charge on any atom is 0.416 e. The van der Waals surface area contributed by atoms with Crippen LogP contribution >= 0.6 is 0 Å². The Bertz CT molecular complexity index is 2390. The molecule has 5 aromatic carbocycles. The van der Waals surface area contributed by atoms with Gasteiger partial charge in [-0.15, -0.1) is 0 Å². The number of benzene rings is 5. The number of rotatable bonds is 3. The normalized spacial score (nSPS) is 12.2. The molecule has 46 heavy (non-hydrogen) atoms. The van der Waals surface area contributed by atoms with Gasteiger partial charge in [0.05, 0.1) is 45.2 Å². The minimum Gasteiger partial charge on any atom is -0.309 e. The van der Waals surface area contributed by atoms with Crippen molar-refractivity contribution in [1.82, 2.24) is 14.1 Å². The van der Waals surface area contributed by atoms with E-state index in [-0.39, 0.29) is 0 Å². The molecule has 3 nitrogen and oxygen atoms in total. The molecule has 6 heteroatoms. The number of alkyl halides is 3. The van der Waals surface area contributed by atoms with Gasteiger partial charge in [-0.1, -0.05) is 46.5 Å². The predicted molar refractivity (Wildman–Crippen MR) is 182 cm³/mol. The van der Waals surface area contributed by atoms with Crippen molar-refractivity contribution in [2.75, 3.05) is 0 Å². The van der Waals surface area contributed by atoms with Gasteiger partial charge in [-0.25, -0.2) is 0 Å². The van der Waals surface area contributed by atoms with Gasteiger partial charge in [-0.05, 0) is 100 Å². The molecule has 3 heterocycles. The molecule has 0 atom stereocenters. The first-order chi connectivity index (χ1) is 22.1. The second-order valence-corrected chi connectivity index (χ2v) is 12.4. The maximum absolute atomic E-state index is 14.4. The zero-order chi connectivity index (χ0) is 31.9. The van der Waals surface area contributed by atoms with Gasteiger partial charge in [0, 0.05) is 38.9 Å². The van der Waals surface area contributed by atoms with Gasteiger partial charge in [0.1, 0.15) is 0 Å². The zero-order valence-corrected chi connectivity index (χ0v) is 25.9. The van der Waals surface area contributed by atoms with Gasteiger partial charge >= 0.3 is 6.18 Å². The van der Waals surface area contributed by atoms with Crippen molar-refractivity contribution < 1.29 is 13.2 Å². The van der Waals surface area contributed by atoms with Crippen molar-refractivity contribution in [2.45, 2.75) is 33.9 Å². The van der Waals surface area contributed by atoms with Crippen LogP contribution in [-0.4, -0.2) is 14.1 Å². The molecule has 8 rings (SSSR count). The Morgan fingerprint density at radius 2 is 0.913 bits per heavy atom. The average molecular weight is 610 g/mol. The van der Waals surface area contributed by atoms with Gasteiger partial charge in [0.15, 0.2) is 0 Å². The van der Waals surface area contributed by atoms with E-state index < -0.39 is 11.7 Å². The molecule has 3 aromatic heterocycles. The van der Waals surface area contributed by atoms with Gasteiger partial charge in [-0.2, -0.15) is 13.2 Å². The lowest BCUT2D eigenvalue weighted by Gasteiger charge is -2.20. The number of pyridine rings is 1. The van der Waals surface area contributed by atoms with E-state index in [2.05, 4.69) is 102 Å². The van der Waals surface area contributed by atoms with Crippen LogP contribution in [0.25, 0.3) is 66.1 Å². The summed E-state index contributed by atoms with van der Waals surface area (Å²) >= 11 is 0. The van der Waals surface area contributed by atoms with Crippen LogP contribution in [-0.2, 0) is 6.18 Å². The van der Waals surface area contributed by atoms with Crippen LogP contribution < -0.4 is 0 Å². The molecule has 0 aliphatic heterocycles. The number of aromatic nitrogens is 3.